The van der Waals surface area contributed by atoms with Crippen molar-refractivity contribution < 1.29 is 0 Å². The normalized spacial score (nSPS) is 13.4. The van der Waals surface area contributed by atoms with Crippen molar-refractivity contribution in [3.8, 4) is 0 Å². The molecule has 0 bridgehead atoms. The highest BCUT2D eigenvalue weighted by molar-refractivity contribution is 5.95. The van der Waals surface area contributed by atoms with Crippen molar-refractivity contribution in [2.75, 3.05) is 5.32 Å². The Balaban J connectivity index is 1.92. The van der Waals surface area contributed by atoms with Crippen LogP contribution in [0.25, 0.3) is 10.9 Å². The largest absolute Gasteiger partial charge is 0.339 e. The molecule has 20 heavy (non-hydrogen) atoms. The molecule has 98 valence electrons. The zero-order chi connectivity index (χ0) is 13.4. The molecule has 1 aliphatic carbocycles. The number of nitrogens with one attached hydrogen (secondary N) is 1. The van der Waals surface area contributed by atoms with Gasteiger partial charge in [0.05, 0.1) is 11.2 Å². The molecule has 0 fully saturated rings. The van der Waals surface area contributed by atoms with E-state index in [-0.39, 0.29) is 0 Å². The minimum Gasteiger partial charge on any atom is -0.339 e. The van der Waals surface area contributed by atoms with Crippen molar-refractivity contribution in [2.24, 2.45) is 0 Å². The van der Waals surface area contributed by atoms with Crippen LogP contribution in [0.3, 0.4) is 0 Å². The molecule has 1 N–H and O–H groups in total. The van der Waals surface area contributed by atoms with Crippen LogP contribution in [0.2, 0.25) is 0 Å². The average Bonchev–Trinajstić information content (AvgIpc) is 2.96. The standard InChI is InChI=1S/C17H15N3/c1-2-8-14-12(6-1)17(13-7-5-9-15(13)19-14)20-16-10-3-4-11-18-16/h1-4,6,8,10-11H,5,7,9H2,(H,18,19,20). The molecular formula is C17H15N3. The van der Waals surface area contributed by atoms with Gasteiger partial charge in [-0.1, -0.05) is 24.3 Å². The predicted molar refractivity (Wildman–Crippen MR) is 81.3 cm³/mol. The number of aromatic nitrogens is 2. The van der Waals surface area contributed by atoms with Gasteiger partial charge in [0.25, 0.3) is 0 Å². The highest BCUT2D eigenvalue weighted by Gasteiger charge is 2.19. The maximum atomic E-state index is 4.80. The number of anilines is 2. The summed E-state index contributed by atoms with van der Waals surface area (Å²) in [7, 11) is 0. The topological polar surface area (TPSA) is 37.8 Å². The lowest BCUT2D eigenvalue weighted by Crippen LogP contribution is -2.00. The maximum Gasteiger partial charge on any atom is 0.130 e. The summed E-state index contributed by atoms with van der Waals surface area (Å²) in [5.74, 6) is 0.887. The molecule has 0 radical (unpaired) electrons. The molecule has 0 atom stereocenters. The molecule has 0 spiro atoms. The maximum absolute atomic E-state index is 4.80. The summed E-state index contributed by atoms with van der Waals surface area (Å²) in [6.45, 7) is 0. The first kappa shape index (κ1) is 11.4. The fraction of sp³-hybridized carbons (Fsp3) is 0.176. The van der Waals surface area contributed by atoms with Gasteiger partial charge in [-0.3, -0.25) is 4.98 Å². The first-order valence-corrected chi connectivity index (χ1v) is 7.00. The van der Waals surface area contributed by atoms with E-state index in [1.807, 2.05) is 30.5 Å². The van der Waals surface area contributed by atoms with Gasteiger partial charge in [0, 0.05) is 17.3 Å². The second-order valence-corrected chi connectivity index (χ2v) is 5.12. The summed E-state index contributed by atoms with van der Waals surface area (Å²) < 4.78 is 0. The molecule has 0 saturated heterocycles. The predicted octanol–water partition coefficient (Wildman–Crippen LogP) is 3.86. The first-order chi connectivity index (χ1) is 9.92. The molecule has 4 rings (SSSR count). The highest BCUT2D eigenvalue weighted by Crippen LogP contribution is 2.35. The SMILES string of the molecule is c1ccc(Nc2c3c(nc4ccccc24)CCC3)nc1. The first-order valence-electron chi connectivity index (χ1n) is 7.00. The number of para-hydroxylation sites is 1. The van der Waals surface area contributed by atoms with Gasteiger partial charge in [-0.05, 0) is 43.0 Å². The van der Waals surface area contributed by atoms with E-state index in [0.29, 0.717) is 0 Å². The summed E-state index contributed by atoms with van der Waals surface area (Å²) in [6.07, 6.45) is 5.18. The van der Waals surface area contributed by atoms with Gasteiger partial charge in [0.1, 0.15) is 5.82 Å². The third kappa shape index (κ3) is 1.83. The lowest BCUT2D eigenvalue weighted by Gasteiger charge is -2.14. The smallest absolute Gasteiger partial charge is 0.130 e. The Hall–Kier alpha value is -2.42. The molecule has 0 aliphatic heterocycles. The number of fused-ring (bicyclic) bond motifs is 2. The van der Waals surface area contributed by atoms with E-state index in [1.54, 1.807) is 0 Å². The Morgan fingerprint density at radius 2 is 1.85 bits per heavy atom. The van der Waals surface area contributed by atoms with Crippen LogP contribution in [0.1, 0.15) is 17.7 Å². The van der Waals surface area contributed by atoms with E-state index in [9.17, 15) is 0 Å². The second-order valence-electron chi connectivity index (χ2n) is 5.12. The number of hydrogen-bond donors (Lipinski definition) is 1. The zero-order valence-electron chi connectivity index (χ0n) is 11.1. The van der Waals surface area contributed by atoms with Crippen LogP contribution < -0.4 is 5.32 Å². The number of aryl methyl sites for hydroxylation is 1. The van der Waals surface area contributed by atoms with E-state index < -0.39 is 0 Å². The van der Waals surface area contributed by atoms with Gasteiger partial charge >= 0.3 is 0 Å². The molecule has 3 nitrogen and oxygen atoms in total. The third-order valence-corrected chi connectivity index (χ3v) is 3.84. The monoisotopic (exact) mass is 261 g/mol. The molecule has 1 aromatic carbocycles. The van der Waals surface area contributed by atoms with Crippen LogP contribution in [0.5, 0.6) is 0 Å². The van der Waals surface area contributed by atoms with E-state index >= 15 is 0 Å². The van der Waals surface area contributed by atoms with Crippen LogP contribution in [0.4, 0.5) is 11.5 Å². The summed E-state index contributed by atoms with van der Waals surface area (Å²) in [4.78, 5) is 9.17. The summed E-state index contributed by atoms with van der Waals surface area (Å²) in [5.41, 5.74) is 4.84. The molecule has 2 aromatic heterocycles. The molecule has 0 saturated carbocycles. The number of benzene rings is 1. The fourth-order valence-electron chi connectivity index (χ4n) is 2.92. The Bertz CT molecular complexity index is 766. The van der Waals surface area contributed by atoms with E-state index in [1.165, 1.54) is 28.8 Å². The van der Waals surface area contributed by atoms with Gasteiger partial charge in [-0.2, -0.15) is 0 Å². The van der Waals surface area contributed by atoms with Gasteiger partial charge in [-0.15, -0.1) is 0 Å². The van der Waals surface area contributed by atoms with Crippen molar-refractivity contribution in [1.82, 2.24) is 9.97 Å². The second kappa shape index (κ2) is 4.60. The molecule has 0 amide bonds. The van der Waals surface area contributed by atoms with Crippen molar-refractivity contribution in [2.45, 2.75) is 19.3 Å². The van der Waals surface area contributed by atoms with Crippen molar-refractivity contribution in [1.29, 1.82) is 0 Å². The van der Waals surface area contributed by atoms with Gasteiger partial charge in [-0.25, -0.2) is 4.98 Å². The van der Waals surface area contributed by atoms with Gasteiger partial charge in [0.2, 0.25) is 0 Å². The minimum absolute atomic E-state index is 0.887. The molecular weight excluding hydrogens is 246 g/mol. The lowest BCUT2D eigenvalue weighted by atomic mass is 10.1. The Labute approximate surface area is 117 Å². The molecule has 0 unspecified atom stereocenters. The van der Waals surface area contributed by atoms with Crippen LogP contribution in [0.15, 0.2) is 48.7 Å². The van der Waals surface area contributed by atoms with Crippen LogP contribution in [0, 0.1) is 0 Å². The average molecular weight is 261 g/mol. The number of pyridine rings is 2. The van der Waals surface area contributed by atoms with Crippen molar-refractivity contribution >= 4 is 22.4 Å². The molecule has 3 aromatic rings. The summed E-state index contributed by atoms with van der Waals surface area (Å²) in [5, 5.41) is 4.68. The lowest BCUT2D eigenvalue weighted by molar-refractivity contribution is 0.901. The summed E-state index contributed by atoms with van der Waals surface area (Å²) >= 11 is 0. The fourth-order valence-corrected chi connectivity index (χ4v) is 2.92. The van der Waals surface area contributed by atoms with Gasteiger partial charge < -0.3 is 5.32 Å². The molecule has 2 heterocycles. The van der Waals surface area contributed by atoms with Crippen LogP contribution in [-0.2, 0) is 12.8 Å². The van der Waals surface area contributed by atoms with Crippen LogP contribution >= 0.6 is 0 Å². The van der Waals surface area contributed by atoms with E-state index in [4.69, 9.17) is 4.98 Å². The number of rotatable bonds is 2. The van der Waals surface area contributed by atoms with Crippen molar-refractivity contribution in [3.05, 3.63) is 59.9 Å². The minimum atomic E-state index is 0.887. The molecule has 3 heteroatoms. The van der Waals surface area contributed by atoms with E-state index in [2.05, 4.69) is 28.5 Å². The Kier molecular flexibility index (Phi) is 2.62. The quantitative estimate of drug-likeness (QED) is 0.761. The summed E-state index contributed by atoms with van der Waals surface area (Å²) in [6, 6.07) is 14.2. The Morgan fingerprint density at radius 3 is 2.75 bits per heavy atom. The van der Waals surface area contributed by atoms with Crippen LogP contribution in [-0.4, -0.2) is 9.97 Å². The zero-order valence-corrected chi connectivity index (χ0v) is 11.1. The van der Waals surface area contributed by atoms with Gasteiger partial charge in [0.15, 0.2) is 0 Å². The number of nitrogens with zero attached hydrogens (tertiary/aromatic N) is 2. The van der Waals surface area contributed by atoms with E-state index in [0.717, 1.165) is 24.2 Å². The highest BCUT2D eigenvalue weighted by atomic mass is 15.0. The third-order valence-electron chi connectivity index (χ3n) is 3.84. The van der Waals surface area contributed by atoms with Crippen molar-refractivity contribution in [3.63, 3.8) is 0 Å². The number of hydrogen-bond acceptors (Lipinski definition) is 3. The molecule has 1 aliphatic rings. The Morgan fingerprint density at radius 1 is 0.950 bits per heavy atom.